The van der Waals surface area contributed by atoms with Crippen molar-refractivity contribution < 1.29 is 53.4 Å². The van der Waals surface area contributed by atoms with Gasteiger partial charge in [-0.05, 0) is 73.6 Å². The van der Waals surface area contributed by atoms with E-state index in [1.165, 1.54) is 12.1 Å². The minimum Gasteiger partial charge on any atom is -0.481 e. The minimum atomic E-state index is -0.657. The number of carboxylic acids is 1. The Morgan fingerprint density at radius 1 is 0.622 bits per heavy atom. The number of fused-ring (bicyclic) bond motifs is 4. The second-order valence-electron chi connectivity index (χ2n) is 12.1. The number of rotatable bonds is 3. The van der Waals surface area contributed by atoms with Gasteiger partial charge in [-0.15, -0.1) is 5.06 Å². The summed E-state index contributed by atoms with van der Waals surface area (Å²) in [7, 11) is 0. The van der Waals surface area contributed by atoms with E-state index in [0.717, 1.165) is 26.1 Å². The van der Waals surface area contributed by atoms with Crippen LogP contribution in [0.3, 0.4) is 0 Å². The van der Waals surface area contributed by atoms with Gasteiger partial charge in [0.25, 0.3) is 23.6 Å². The highest BCUT2D eigenvalue weighted by Crippen LogP contribution is 2.42. The van der Waals surface area contributed by atoms with E-state index < -0.39 is 35.6 Å². The molecule has 0 spiro atoms. The second-order valence-corrected chi connectivity index (χ2v) is 12.1. The maximum Gasteiger partial charge on any atom is 0.336 e. The van der Waals surface area contributed by atoms with Crippen molar-refractivity contribution in [3.05, 3.63) is 70.8 Å². The highest BCUT2D eigenvalue weighted by molar-refractivity contribution is 6.21. The molecule has 4 fully saturated rings. The first-order chi connectivity index (χ1) is 21.6. The number of hydrogen-bond donors (Lipinski definition) is 2. The van der Waals surface area contributed by atoms with Crippen LogP contribution in [0.4, 0.5) is 0 Å². The summed E-state index contributed by atoms with van der Waals surface area (Å²) in [6, 6.07) is 12.8. The molecule has 2 N–H and O–H groups in total. The fraction of sp³-hybridized carbons (Fsp3) is 0.438. The fourth-order valence-corrected chi connectivity index (χ4v) is 6.97. The summed E-state index contributed by atoms with van der Waals surface area (Å²) < 4.78 is 10.6. The molecule has 13 heteroatoms. The smallest absolute Gasteiger partial charge is 0.336 e. The van der Waals surface area contributed by atoms with Gasteiger partial charge < -0.3 is 19.4 Å². The lowest BCUT2D eigenvalue weighted by Gasteiger charge is -2.16. The molecular weight excluding hydrogens is 588 g/mol. The highest BCUT2D eigenvalue weighted by Gasteiger charge is 2.45. The second kappa shape index (κ2) is 12.5. The van der Waals surface area contributed by atoms with Gasteiger partial charge in [-0.25, -0.2) is 4.79 Å². The third-order valence-electron chi connectivity index (χ3n) is 9.40. The molecule has 45 heavy (non-hydrogen) atoms. The molecule has 4 unspecified atom stereocenters. The van der Waals surface area contributed by atoms with Crippen LogP contribution in [-0.4, -0.2) is 82.4 Å². The number of carbonyl (C=O) groups excluding carboxylic acids is 5. The molecule has 2 aromatic rings. The van der Waals surface area contributed by atoms with Crippen LogP contribution in [0.15, 0.2) is 48.5 Å². The molecule has 4 amide bonds. The summed E-state index contributed by atoms with van der Waals surface area (Å²) in [6.45, 7) is 2.94. The number of hydroxylamine groups is 4. The lowest BCUT2D eigenvalue weighted by molar-refractivity contribution is -0.173. The Morgan fingerprint density at radius 2 is 0.978 bits per heavy atom. The normalized spacial score (nSPS) is 28.9. The summed E-state index contributed by atoms with van der Waals surface area (Å²) in [5.74, 6) is -2.08. The zero-order valence-electron chi connectivity index (χ0n) is 24.2. The van der Waals surface area contributed by atoms with Crippen molar-refractivity contribution in [2.45, 2.75) is 25.7 Å². The van der Waals surface area contributed by atoms with Crippen molar-refractivity contribution in [1.82, 2.24) is 10.1 Å². The van der Waals surface area contributed by atoms with Gasteiger partial charge in [-0.1, -0.05) is 29.3 Å². The summed E-state index contributed by atoms with van der Waals surface area (Å²) in [5.41, 5.74) is 1.06. The number of benzene rings is 2. The van der Waals surface area contributed by atoms with Crippen LogP contribution in [0.2, 0.25) is 0 Å². The lowest BCUT2D eigenvalue weighted by atomic mass is 10.0. The van der Waals surface area contributed by atoms with Gasteiger partial charge in [0, 0.05) is 26.4 Å². The molecule has 4 aliphatic heterocycles. The molecule has 8 rings (SSSR count). The number of aliphatic carboxylic acids is 1. The number of imide groups is 2. The predicted molar refractivity (Wildman–Crippen MR) is 150 cm³/mol. The van der Waals surface area contributed by atoms with Crippen LogP contribution in [0.1, 0.15) is 67.1 Å². The van der Waals surface area contributed by atoms with Gasteiger partial charge in [0.05, 0.1) is 34.1 Å². The number of carboxylic acid groups (broad SMARTS) is 1. The van der Waals surface area contributed by atoms with E-state index in [1.54, 1.807) is 36.4 Å². The largest absolute Gasteiger partial charge is 0.481 e. The molecular formula is C32H32N2O11. The lowest BCUT2D eigenvalue weighted by Crippen LogP contribution is -2.34. The van der Waals surface area contributed by atoms with E-state index in [-0.39, 0.29) is 39.2 Å². The van der Waals surface area contributed by atoms with Crippen LogP contribution in [-0.2, 0) is 23.9 Å². The van der Waals surface area contributed by atoms with Crippen molar-refractivity contribution in [2.75, 3.05) is 26.4 Å². The summed E-state index contributed by atoms with van der Waals surface area (Å²) >= 11 is 0. The summed E-state index contributed by atoms with van der Waals surface area (Å²) in [5, 5.41) is 18.4. The third-order valence-corrected chi connectivity index (χ3v) is 9.40. The van der Waals surface area contributed by atoms with Crippen LogP contribution < -0.4 is 0 Å². The van der Waals surface area contributed by atoms with E-state index in [1.807, 2.05) is 0 Å². The molecule has 6 aliphatic rings. The summed E-state index contributed by atoms with van der Waals surface area (Å²) in [6.07, 6.45) is 3.07. The average Bonchev–Trinajstić information content (AvgIpc) is 3.88. The Hall–Kier alpha value is -4.46. The first-order valence-corrected chi connectivity index (χ1v) is 14.9. The van der Waals surface area contributed by atoms with Gasteiger partial charge in [0.2, 0.25) is 0 Å². The van der Waals surface area contributed by atoms with Gasteiger partial charge in [0.15, 0.2) is 0 Å². The number of ether oxygens (including phenoxy) is 2. The number of carbonyl (C=O) groups is 6. The highest BCUT2D eigenvalue weighted by atomic mass is 16.7. The van der Waals surface area contributed by atoms with E-state index in [0.29, 0.717) is 54.8 Å². The zero-order chi connectivity index (χ0) is 31.8. The number of amides is 4. The van der Waals surface area contributed by atoms with E-state index in [9.17, 15) is 28.8 Å². The van der Waals surface area contributed by atoms with E-state index >= 15 is 0 Å². The summed E-state index contributed by atoms with van der Waals surface area (Å²) in [4.78, 5) is 74.4. The molecule has 236 valence electrons. The zero-order valence-corrected chi connectivity index (χ0v) is 24.2. The molecule has 4 atom stereocenters. The Kier molecular flexibility index (Phi) is 8.49. The molecule has 2 aliphatic carbocycles. The molecule has 13 nitrogen and oxygen atoms in total. The standard InChI is InChI=1S/C16H15NO5.C8H5NO3.C8H12O3/c18-14-12-3-1-2-4-13(12)15(19)17(14)22-16(20)9-5-10-7-21-8-11(10)6-9;10-7-5-3-1-2-4-6(5)8(11)9(7)12;9-8(10)5-1-6-3-11-4-7(6)2-5/h1-4,9-11H,5-8H2;1-4,12H;5-7H,1-4H2,(H,9,10). The Balaban J connectivity index is 0.000000131. The van der Waals surface area contributed by atoms with E-state index in [4.69, 9.17) is 24.6 Å². The van der Waals surface area contributed by atoms with Gasteiger partial charge >= 0.3 is 11.9 Å². The average molecular weight is 621 g/mol. The van der Waals surface area contributed by atoms with Crippen LogP contribution >= 0.6 is 0 Å². The van der Waals surface area contributed by atoms with Crippen molar-refractivity contribution in [1.29, 1.82) is 0 Å². The molecule has 2 saturated carbocycles. The van der Waals surface area contributed by atoms with Gasteiger partial charge in [0.1, 0.15) is 0 Å². The predicted octanol–water partition coefficient (Wildman–Crippen LogP) is 2.83. The molecule has 0 bridgehead atoms. The number of hydrogen-bond acceptors (Lipinski definition) is 10. The molecule has 2 aromatic carbocycles. The van der Waals surface area contributed by atoms with Crippen molar-refractivity contribution in [3.8, 4) is 0 Å². The minimum absolute atomic E-state index is 0.0890. The van der Waals surface area contributed by atoms with Crippen molar-refractivity contribution in [3.63, 3.8) is 0 Å². The Labute approximate surface area is 257 Å². The molecule has 0 radical (unpaired) electrons. The fourth-order valence-electron chi connectivity index (χ4n) is 6.97. The SMILES string of the molecule is O=C(O)C1CC2COCC2C1.O=C(ON1C(=O)c2ccccc2C1=O)C1CC2COCC2C1.O=C1c2ccccc2C(=O)N1O. The van der Waals surface area contributed by atoms with Crippen LogP contribution in [0.5, 0.6) is 0 Å². The third kappa shape index (κ3) is 5.86. The monoisotopic (exact) mass is 620 g/mol. The van der Waals surface area contributed by atoms with Crippen LogP contribution in [0.25, 0.3) is 0 Å². The molecule has 4 heterocycles. The maximum absolute atomic E-state index is 12.3. The Bertz CT molecular complexity index is 1460. The topological polar surface area (TPSA) is 177 Å². The Morgan fingerprint density at radius 3 is 1.36 bits per heavy atom. The maximum atomic E-state index is 12.3. The van der Waals surface area contributed by atoms with Crippen molar-refractivity contribution in [2.24, 2.45) is 35.5 Å². The van der Waals surface area contributed by atoms with Crippen molar-refractivity contribution >= 4 is 35.6 Å². The van der Waals surface area contributed by atoms with E-state index in [2.05, 4.69) is 0 Å². The molecule has 0 aromatic heterocycles. The number of nitrogens with zero attached hydrogens (tertiary/aromatic N) is 2. The first-order valence-electron chi connectivity index (χ1n) is 14.9. The first kappa shape index (κ1) is 30.6. The molecule has 2 saturated heterocycles. The van der Waals surface area contributed by atoms with Crippen LogP contribution in [0, 0.1) is 35.5 Å². The van der Waals surface area contributed by atoms with Gasteiger partial charge in [-0.3, -0.25) is 29.2 Å². The quantitative estimate of drug-likeness (QED) is 0.381. The van der Waals surface area contributed by atoms with Gasteiger partial charge in [-0.2, -0.15) is 0 Å².